The number of carbonyl (C=O) groups is 1. The molecule has 0 atom stereocenters. The van der Waals surface area contributed by atoms with Crippen LogP contribution in [0.15, 0.2) is 18.2 Å². The molecule has 0 bridgehead atoms. The summed E-state index contributed by atoms with van der Waals surface area (Å²) in [5.74, 6) is 0.474. The third-order valence-electron chi connectivity index (χ3n) is 3.27. The fraction of sp³-hybridized carbons (Fsp3) is 0.375. The van der Waals surface area contributed by atoms with E-state index >= 15 is 0 Å². The van der Waals surface area contributed by atoms with Gasteiger partial charge in [-0.3, -0.25) is 9.48 Å². The fourth-order valence-corrected chi connectivity index (χ4v) is 2.46. The average Bonchev–Trinajstić information content (AvgIpc) is 2.67. The zero-order chi connectivity index (χ0) is 16.4. The summed E-state index contributed by atoms with van der Waals surface area (Å²) >= 11 is 6.13. The van der Waals surface area contributed by atoms with Gasteiger partial charge in [-0.25, -0.2) is 0 Å². The maximum absolute atomic E-state index is 12.5. The van der Waals surface area contributed by atoms with Gasteiger partial charge in [0.2, 0.25) is 0 Å². The largest absolute Gasteiger partial charge is 0.491 e. The van der Waals surface area contributed by atoms with Crippen LogP contribution in [0, 0.1) is 13.8 Å². The molecular weight excluding hydrogens is 302 g/mol. The third kappa shape index (κ3) is 3.25. The fourth-order valence-electron chi connectivity index (χ4n) is 2.20. The Morgan fingerprint density at radius 3 is 2.59 bits per heavy atom. The first-order valence-corrected chi connectivity index (χ1v) is 7.45. The summed E-state index contributed by atoms with van der Waals surface area (Å²) in [6.45, 7) is 7.59. The summed E-state index contributed by atoms with van der Waals surface area (Å²) in [6.07, 6.45) is 0.0691. The Bertz CT molecular complexity index is 708. The van der Waals surface area contributed by atoms with Crippen LogP contribution in [-0.4, -0.2) is 21.8 Å². The molecule has 1 N–H and O–H groups in total. The molecule has 0 saturated heterocycles. The van der Waals surface area contributed by atoms with Crippen LogP contribution < -0.4 is 10.1 Å². The number of rotatable bonds is 4. The van der Waals surface area contributed by atoms with Gasteiger partial charge in [-0.2, -0.15) is 5.10 Å². The number of anilines is 1. The molecule has 1 heterocycles. The van der Waals surface area contributed by atoms with E-state index in [1.54, 1.807) is 14.0 Å². The van der Waals surface area contributed by atoms with Gasteiger partial charge in [0.25, 0.3) is 5.91 Å². The molecule has 0 unspecified atom stereocenters. The highest BCUT2D eigenvalue weighted by molar-refractivity contribution is 6.33. The molecule has 1 aromatic heterocycles. The molecule has 118 valence electrons. The molecule has 2 rings (SSSR count). The van der Waals surface area contributed by atoms with Crippen LogP contribution in [-0.2, 0) is 7.05 Å². The van der Waals surface area contributed by atoms with Crippen molar-refractivity contribution in [3.05, 3.63) is 40.2 Å². The zero-order valence-corrected chi connectivity index (χ0v) is 14.2. The lowest BCUT2D eigenvalue weighted by Gasteiger charge is -2.15. The number of nitrogens with zero attached hydrogens (tertiary/aromatic N) is 2. The summed E-state index contributed by atoms with van der Waals surface area (Å²) in [4.78, 5) is 12.5. The van der Waals surface area contributed by atoms with Crippen molar-refractivity contribution in [1.82, 2.24) is 9.78 Å². The van der Waals surface area contributed by atoms with Crippen molar-refractivity contribution in [3.8, 4) is 5.75 Å². The molecule has 0 spiro atoms. The lowest BCUT2D eigenvalue weighted by molar-refractivity contribution is 0.102. The van der Waals surface area contributed by atoms with E-state index in [9.17, 15) is 4.79 Å². The highest BCUT2D eigenvalue weighted by atomic mass is 35.5. The maximum Gasteiger partial charge on any atom is 0.260 e. The van der Waals surface area contributed by atoms with Gasteiger partial charge < -0.3 is 10.1 Å². The van der Waals surface area contributed by atoms with Crippen molar-refractivity contribution >= 4 is 23.2 Å². The average molecular weight is 322 g/mol. The number of benzene rings is 1. The quantitative estimate of drug-likeness (QED) is 0.933. The second-order valence-corrected chi connectivity index (χ2v) is 5.78. The van der Waals surface area contributed by atoms with Crippen LogP contribution in [0.5, 0.6) is 5.75 Å². The Kier molecular flexibility index (Phi) is 4.76. The Labute approximate surface area is 135 Å². The highest BCUT2D eigenvalue weighted by Gasteiger charge is 2.20. The minimum absolute atomic E-state index is 0.0691. The molecule has 22 heavy (non-hydrogen) atoms. The van der Waals surface area contributed by atoms with E-state index in [1.165, 1.54) is 4.68 Å². The van der Waals surface area contributed by atoms with E-state index in [2.05, 4.69) is 10.4 Å². The molecule has 1 aromatic carbocycles. The van der Waals surface area contributed by atoms with E-state index in [1.807, 2.05) is 39.0 Å². The summed E-state index contributed by atoms with van der Waals surface area (Å²) in [7, 11) is 1.70. The van der Waals surface area contributed by atoms with Crippen molar-refractivity contribution in [1.29, 1.82) is 0 Å². The number of aryl methyl sites for hydroxylation is 2. The monoisotopic (exact) mass is 321 g/mol. The molecule has 0 radical (unpaired) electrons. The number of nitrogens with one attached hydrogen (secondary N) is 1. The van der Waals surface area contributed by atoms with Crippen LogP contribution in [0.1, 0.15) is 35.5 Å². The van der Waals surface area contributed by atoms with Crippen LogP contribution in [0.3, 0.4) is 0 Å². The maximum atomic E-state index is 12.5. The van der Waals surface area contributed by atoms with Gasteiger partial charge in [0.05, 0.1) is 17.4 Å². The second-order valence-electron chi connectivity index (χ2n) is 5.42. The Morgan fingerprint density at radius 1 is 1.36 bits per heavy atom. The third-order valence-corrected chi connectivity index (χ3v) is 3.71. The standard InChI is InChI=1S/C16H20ClN3O2/c1-9(2)22-13-8-6-7-12(10(13)3)18-16(21)14-11(4)19-20(5)15(14)17/h6-9H,1-5H3,(H,18,21). The van der Waals surface area contributed by atoms with E-state index in [0.29, 0.717) is 22.1 Å². The first-order valence-electron chi connectivity index (χ1n) is 7.08. The van der Waals surface area contributed by atoms with Crippen LogP contribution in [0.2, 0.25) is 5.15 Å². The van der Waals surface area contributed by atoms with Crippen molar-refractivity contribution in [2.45, 2.75) is 33.8 Å². The van der Waals surface area contributed by atoms with Crippen molar-refractivity contribution in [2.24, 2.45) is 7.05 Å². The summed E-state index contributed by atoms with van der Waals surface area (Å²) in [6, 6.07) is 5.56. The first kappa shape index (κ1) is 16.4. The molecule has 1 amide bonds. The Morgan fingerprint density at radius 2 is 2.05 bits per heavy atom. The number of aromatic nitrogens is 2. The summed E-state index contributed by atoms with van der Waals surface area (Å²) in [5, 5.41) is 7.35. The minimum atomic E-state index is -0.277. The lowest BCUT2D eigenvalue weighted by atomic mass is 10.1. The molecule has 0 saturated carbocycles. The van der Waals surface area contributed by atoms with E-state index in [-0.39, 0.29) is 12.0 Å². The molecule has 0 aliphatic rings. The van der Waals surface area contributed by atoms with Crippen molar-refractivity contribution < 1.29 is 9.53 Å². The number of halogens is 1. The van der Waals surface area contributed by atoms with E-state index in [4.69, 9.17) is 16.3 Å². The second kappa shape index (κ2) is 6.40. The van der Waals surface area contributed by atoms with Crippen molar-refractivity contribution in [2.75, 3.05) is 5.32 Å². The SMILES string of the molecule is Cc1nn(C)c(Cl)c1C(=O)Nc1cccc(OC(C)C)c1C. The number of ether oxygens (including phenoxy) is 1. The number of hydrogen-bond donors (Lipinski definition) is 1. The Hall–Kier alpha value is -2.01. The van der Waals surface area contributed by atoms with Crippen LogP contribution in [0.4, 0.5) is 5.69 Å². The number of carbonyl (C=O) groups excluding carboxylic acids is 1. The predicted molar refractivity (Wildman–Crippen MR) is 87.9 cm³/mol. The van der Waals surface area contributed by atoms with Crippen LogP contribution >= 0.6 is 11.6 Å². The predicted octanol–water partition coefficient (Wildman–Crippen LogP) is 3.73. The molecule has 5 nitrogen and oxygen atoms in total. The molecular formula is C16H20ClN3O2. The first-order chi connectivity index (χ1) is 10.3. The topological polar surface area (TPSA) is 56.2 Å². The normalized spacial score (nSPS) is 10.9. The van der Waals surface area contributed by atoms with Crippen LogP contribution in [0.25, 0.3) is 0 Å². The molecule has 0 aliphatic heterocycles. The molecule has 0 fully saturated rings. The van der Waals surface area contributed by atoms with Gasteiger partial charge in [-0.05, 0) is 39.8 Å². The zero-order valence-electron chi connectivity index (χ0n) is 13.4. The van der Waals surface area contributed by atoms with Gasteiger partial charge in [-0.15, -0.1) is 0 Å². The summed E-state index contributed by atoms with van der Waals surface area (Å²) in [5.41, 5.74) is 2.56. The molecule has 6 heteroatoms. The Balaban J connectivity index is 2.29. The number of amides is 1. The molecule has 2 aromatic rings. The van der Waals surface area contributed by atoms with Crippen molar-refractivity contribution in [3.63, 3.8) is 0 Å². The summed E-state index contributed by atoms with van der Waals surface area (Å²) < 4.78 is 7.21. The number of hydrogen-bond acceptors (Lipinski definition) is 3. The minimum Gasteiger partial charge on any atom is -0.491 e. The van der Waals surface area contributed by atoms with Gasteiger partial charge in [0, 0.05) is 18.3 Å². The highest BCUT2D eigenvalue weighted by Crippen LogP contribution is 2.28. The van der Waals surface area contributed by atoms with Gasteiger partial charge in [0.1, 0.15) is 10.9 Å². The van der Waals surface area contributed by atoms with E-state index < -0.39 is 0 Å². The lowest BCUT2D eigenvalue weighted by Crippen LogP contribution is -2.15. The van der Waals surface area contributed by atoms with E-state index in [0.717, 1.165) is 11.3 Å². The van der Waals surface area contributed by atoms with Gasteiger partial charge >= 0.3 is 0 Å². The smallest absolute Gasteiger partial charge is 0.260 e. The molecule has 0 aliphatic carbocycles. The van der Waals surface area contributed by atoms with Gasteiger partial charge in [0.15, 0.2) is 0 Å². The van der Waals surface area contributed by atoms with Gasteiger partial charge in [-0.1, -0.05) is 17.7 Å².